The summed E-state index contributed by atoms with van der Waals surface area (Å²) in [4.78, 5) is -0.0873. The third-order valence-electron chi connectivity index (χ3n) is 3.14. The van der Waals surface area contributed by atoms with Crippen molar-refractivity contribution in [3.05, 3.63) is 71.1 Å². The lowest BCUT2D eigenvalue weighted by Gasteiger charge is -2.13. The van der Waals surface area contributed by atoms with Crippen LogP contribution in [0.25, 0.3) is 11.5 Å². The van der Waals surface area contributed by atoms with Crippen LogP contribution in [0, 0.1) is 0 Å². The van der Waals surface area contributed by atoms with Crippen molar-refractivity contribution in [1.82, 2.24) is 10.2 Å². The van der Waals surface area contributed by atoms with E-state index >= 15 is 0 Å². The van der Waals surface area contributed by atoms with E-state index < -0.39 is 0 Å². The molecule has 0 fully saturated rings. The Balaban J connectivity index is 1.82. The molecule has 112 valence electrons. The molecule has 0 bridgehead atoms. The highest BCUT2D eigenvalue weighted by Crippen LogP contribution is 2.42. The Kier molecular flexibility index (Phi) is 4.96. The van der Waals surface area contributed by atoms with E-state index in [2.05, 4.69) is 42.1 Å². The number of aromatic nitrogens is 2. The van der Waals surface area contributed by atoms with Crippen molar-refractivity contribution in [3.8, 4) is 11.5 Å². The predicted octanol–water partition coefficient (Wildman–Crippen LogP) is 5.96. The molecule has 0 radical (unpaired) electrons. The second kappa shape index (κ2) is 6.94. The van der Waals surface area contributed by atoms with Gasteiger partial charge in [0, 0.05) is 10.6 Å². The summed E-state index contributed by atoms with van der Waals surface area (Å²) in [6, 6.07) is 17.4. The Hall–Kier alpha value is -1.17. The summed E-state index contributed by atoms with van der Waals surface area (Å²) >= 11 is 13.2. The monoisotopic (exact) mass is 440 g/mol. The molecule has 22 heavy (non-hydrogen) atoms. The summed E-state index contributed by atoms with van der Waals surface area (Å²) < 4.78 is 5.77. The van der Waals surface area contributed by atoms with Crippen molar-refractivity contribution in [3.63, 3.8) is 0 Å². The van der Waals surface area contributed by atoms with Crippen LogP contribution in [-0.4, -0.2) is 10.2 Å². The standard InChI is InChI=1S/C16H11Br2ClN2O/c17-13(10-4-2-1-3-5-10)14(18)16-21-20-15(22-16)11-6-8-12(19)9-7-11/h1-9,13-14H/t13-,14-/m1/s1. The second-order valence-corrected chi connectivity index (χ2v) is 7.08. The molecule has 3 nitrogen and oxygen atoms in total. The zero-order valence-corrected chi connectivity index (χ0v) is 15.2. The van der Waals surface area contributed by atoms with Crippen LogP contribution in [0.1, 0.15) is 21.1 Å². The van der Waals surface area contributed by atoms with Crippen LogP contribution in [0.15, 0.2) is 59.0 Å². The van der Waals surface area contributed by atoms with E-state index in [4.69, 9.17) is 16.0 Å². The molecule has 0 saturated carbocycles. The fraction of sp³-hybridized carbons (Fsp3) is 0.125. The fourth-order valence-corrected chi connectivity index (χ4v) is 3.13. The minimum Gasteiger partial charge on any atom is -0.419 e. The first-order chi connectivity index (χ1) is 10.6. The predicted molar refractivity (Wildman–Crippen MR) is 94.5 cm³/mol. The maximum atomic E-state index is 5.88. The topological polar surface area (TPSA) is 38.9 Å². The van der Waals surface area contributed by atoms with Crippen LogP contribution in [0.3, 0.4) is 0 Å². The molecular formula is C16H11Br2ClN2O. The SMILES string of the molecule is Clc1ccc(-c2nnc([C@H](Br)[C@H](Br)c3ccccc3)o2)cc1. The molecule has 2 aromatic carbocycles. The summed E-state index contributed by atoms with van der Waals surface area (Å²) in [5, 5.41) is 8.91. The Bertz CT molecular complexity index is 746. The number of halogens is 3. The normalized spacial score (nSPS) is 13.8. The van der Waals surface area contributed by atoms with Gasteiger partial charge >= 0.3 is 0 Å². The van der Waals surface area contributed by atoms with Gasteiger partial charge in [0.15, 0.2) is 0 Å². The third kappa shape index (κ3) is 3.42. The number of nitrogens with zero attached hydrogens (tertiary/aromatic N) is 2. The highest BCUT2D eigenvalue weighted by Gasteiger charge is 2.25. The van der Waals surface area contributed by atoms with Crippen LogP contribution in [0.5, 0.6) is 0 Å². The van der Waals surface area contributed by atoms with Crippen LogP contribution in [0.4, 0.5) is 0 Å². The minimum atomic E-state index is -0.122. The third-order valence-corrected chi connectivity index (χ3v) is 6.08. The molecule has 0 amide bonds. The lowest BCUT2D eigenvalue weighted by Crippen LogP contribution is -1.99. The van der Waals surface area contributed by atoms with E-state index in [0.717, 1.165) is 11.1 Å². The second-order valence-electron chi connectivity index (χ2n) is 4.67. The van der Waals surface area contributed by atoms with Crippen molar-refractivity contribution in [1.29, 1.82) is 0 Å². The molecule has 3 aromatic rings. The van der Waals surface area contributed by atoms with E-state index in [1.54, 1.807) is 12.1 Å². The summed E-state index contributed by atoms with van der Waals surface area (Å²) in [5.41, 5.74) is 1.98. The smallest absolute Gasteiger partial charge is 0.247 e. The van der Waals surface area contributed by atoms with Crippen LogP contribution in [-0.2, 0) is 0 Å². The lowest BCUT2D eigenvalue weighted by molar-refractivity contribution is 0.502. The van der Waals surface area contributed by atoms with Gasteiger partial charge in [-0.3, -0.25) is 0 Å². The van der Waals surface area contributed by atoms with Gasteiger partial charge in [-0.2, -0.15) is 0 Å². The average molecular weight is 443 g/mol. The molecule has 0 aliphatic heterocycles. The number of hydrogen-bond donors (Lipinski definition) is 0. The van der Waals surface area contributed by atoms with Gasteiger partial charge in [0.25, 0.3) is 0 Å². The lowest BCUT2D eigenvalue weighted by atomic mass is 10.1. The maximum Gasteiger partial charge on any atom is 0.247 e. The molecule has 2 atom stereocenters. The fourth-order valence-electron chi connectivity index (χ4n) is 1.99. The zero-order valence-electron chi connectivity index (χ0n) is 11.3. The number of hydrogen-bond acceptors (Lipinski definition) is 3. The van der Waals surface area contributed by atoms with E-state index in [-0.39, 0.29) is 9.65 Å². The highest BCUT2D eigenvalue weighted by atomic mass is 79.9. The van der Waals surface area contributed by atoms with Crippen molar-refractivity contribution >= 4 is 43.5 Å². The Labute approximate surface area is 150 Å². The summed E-state index contributed by atoms with van der Waals surface area (Å²) in [6.07, 6.45) is 0. The van der Waals surface area contributed by atoms with Gasteiger partial charge in [0.2, 0.25) is 11.8 Å². The molecule has 0 N–H and O–H groups in total. The van der Waals surface area contributed by atoms with Gasteiger partial charge in [-0.05, 0) is 29.8 Å². The Morgan fingerprint density at radius 2 is 1.55 bits per heavy atom. The van der Waals surface area contributed by atoms with Gasteiger partial charge in [-0.25, -0.2) is 0 Å². The molecule has 3 rings (SSSR count). The first-order valence-electron chi connectivity index (χ1n) is 6.57. The van der Waals surface area contributed by atoms with Gasteiger partial charge in [-0.1, -0.05) is 73.8 Å². The average Bonchev–Trinajstić information content (AvgIpc) is 3.05. The van der Waals surface area contributed by atoms with Crippen molar-refractivity contribution < 1.29 is 4.42 Å². The molecule has 0 saturated heterocycles. The molecule has 0 unspecified atom stereocenters. The van der Waals surface area contributed by atoms with Crippen molar-refractivity contribution in [2.45, 2.75) is 9.65 Å². The van der Waals surface area contributed by atoms with Crippen LogP contribution in [0.2, 0.25) is 5.02 Å². The van der Waals surface area contributed by atoms with Gasteiger partial charge in [-0.15, -0.1) is 10.2 Å². The molecule has 1 heterocycles. The first kappa shape index (κ1) is 15.7. The zero-order chi connectivity index (χ0) is 15.5. The Morgan fingerprint density at radius 3 is 2.23 bits per heavy atom. The summed E-state index contributed by atoms with van der Waals surface area (Å²) in [6.45, 7) is 0. The summed E-state index contributed by atoms with van der Waals surface area (Å²) in [7, 11) is 0. The van der Waals surface area contributed by atoms with Gasteiger partial charge < -0.3 is 4.42 Å². The molecule has 6 heteroatoms. The number of rotatable bonds is 4. The Morgan fingerprint density at radius 1 is 0.864 bits per heavy atom. The maximum absolute atomic E-state index is 5.88. The van der Waals surface area contributed by atoms with E-state index in [9.17, 15) is 0 Å². The quantitative estimate of drug-likeness (QED) is 0.468. The van der Waals surface area contributed by atoms with E-state index in [1.807, 2.05) is 42.5 Å². The van der Waals surface area contributed by atoms with E-state index in [1.165, 1.54) is 0 Å². The molecule has 0 aliphatic carbocycles. The largest absolute Gasteiger partial charge is 0.419 e. The molecule has 0 spiro atoms. The van der Waals surface area contributed by atoms with Gasteiger partial charge in [0.1, 0.15) is 4.83 Å². The molecule has 0 aliphatic rings. The van der Waals surface area contributed by atoms with Crippen LogP contribution >= 0.6 is 43.5 Å². The number of benzene rings is 2. The minimum absolute atomic E-state index is 0.0345. The van der Waals surface area contributed by atoms with Gasteiger partial charge in [0.05, 0.1) is 4.83 Å². The van der Waals surface area contributed by atoms with E-state index in [0.29, 0.717) is 16.8 Å². The van der Waals surface area contributed by atoms with Crippen molar-refractivity contribution in [2.24, 2.45) is 0 Å². The van der Waals surface area contributed by atoms with Crippen LogP contribution < -0.4 is 0 Å². The molecular weight excluding hydrogens is 431 g/mol. The summed E-state index contributed by atoms with van der Waals surface area (Å²) in [5.74, 6) is 1.000. The molecule has 1 aromatic heterocycles. The highest BCUT2D eigenvalue weighted by molar-refractivity contribution is 9.12. The number of alkyl halides is 2. The van der Waals surface area contributed by atoms with Crippen molar-refractivity contribution in [2.75, 3.05) is 0 Å². The first-order valence-corrected chi connectivity index (χ1v) is 8.78.